The van der Waals surface area contributed by atoms with Crippen LogP contribution < -0.4 is 0 Å². The number of hydrogen-bond donors (Lipinski definition) is 0. The SMILES string of the molecule is CC1=CCC(S(=O)(=O)C(F)(F)C(F)(F)C(F)(F)C(F)(F)F)(S(=O)(=O)C(F)(F)C(F)(F)C(F)(F)C(F)(F)F)CC1. The molecule has 0 amide bonds. The highest BCUT2D eigenvalue weighted by atomic mass is 32.3. The van der Waals surface area contributed by atoms with Crippen LogP contribution in [-0.2, 0) is 19.7 Å². The molecular formula is C15H10F18O4S2. The van der Waals surface area contributed by atoms with Crippen LogP contribution in [0.4, 0.5) is 79.0 Å². The molecule has 0 saturated carbocycles. The maximum atomic E-state index is 14.4. The average molecular weight is 660 g/mol. The first kappa shape index (κ1) is 35.4. The summed E-state index contributed by atoms with van der Waals surface area (Å²) in [5, 5.41) is -16.2. The minimum absolute atomic E-state index is 0.106. The first-order valence-corrected chi connectivity index (χ1v) is 12.1. The topological polar surface area (TPSA) is 68.3 Å². The third-order valence-corrected chi connectivity index (χ3v) is 11.4. The van der Waals surface area contributed by atoms with Gasteiger partial charge in [-0.15, -0.1) is 0 Å². The van der Waals surface area contributed by atoms with Crippen molar-refractivity contribution in [2.75, 3.05) is 0 Å². The Hall–Kier alpha value is -1.62. The van der Waals surface area contributed by atoms with Gasteiger partial charge in [-0.25, -0.2) is 16.8 Å². The molecule has 232 valence electrons. The molecule has 4 nitrogen and oxygen atoms in total. The van der Waals surface area contributed by atoms with Crippen LogP contribution in [0.1, 0.15) is 26.2 Å². The smallest absolute Gasteiger partial charge is 0.221 e. The van der Waals surface area contributed by atoms with Gasteiger partial charge in [0.2, 0.25) is 19.7 Å². The molecule has 0 fully saturated rings. The summed E-state index contributed by atoms with van der Waals surface area (Å²) in [6.45, 7) is 0.762. The lowest BCUT2D eigenvalue weighted by molar-refractivity contribution is -0.382. The van der Waals surface area contributed by atoms with Crippen LogP contribution in [0.3, 0.4) is 0 Å². The Morgan fingerprint density at radius 1 is 0.564 bits per heavy atom. The van der Waals surface area contributed by atoms with E-state index in [-0.39, 0.29) is 6.08 Å². The lowest BCUT2D eigenvalue weighted by atomic mass is 10.00. The first-order valence-electron chi connectivity index (χ1n) is 9.14. The van der Waals surface area contributed by atoms with Gasteiger partial charge in [-0.1, -0.05) is 11.6 Å². The Balaban J connectivity index is 4.21. The number of halogens is 18. The van der Waals surface area contributed by atoms with Crippen molar-refractivity contribution >= 4 is 19.7 Å². The summed E-state index contributed by atoms with van der Waals surface area (Å²) >= 11 is 0. The van der Waals surface area contributed by atoms with E-state index in [1.807, 2.05) is 0 Å². The standard InChI is InChI=1S/C15H10F18O4S2/c1-6-2-4-7(5-3-6,38(34,35)14(30,31)10(20,21)8(16,17)12(24,25)26)39(36,37)15(32,33)11(22,23)9(18,19)13(27,28)29/h2H,3-5H2,1H3. The van der Waals surface area contributed by atoms with Gasteiger partial charge in [0.25, 0.3) is 0 Å². The second kappa shape index (κ2) is 8.94. The van der Waals surface area contributed by atoms with Crippen molar-refractivity contribution in [1.29, 1.82) is 0 Å². The molecule has 0 N–H and O–H groups in total. The molecule has 0 unspecified atom stereocenters. The summed E-state index contributed by atoms with van der Waals surface area (Å²) in [7, 11) is -17.3. The van der Waals surface area contributed by atoms with E-state index in [4.69, 9.17) is 0 Å². The lowest BCUT2D eigenvalue weighted by Gasteiger charge is -2.43. The number of sulfone groups is 2. The van der Waals surface area contributed by atoms with Crippen molar-refractivity contribution in [2.24, 2.45) is 0 Å². The predicted octanol–water partition coefficient (Wildman–Crippen LogP) is 6.49. The van der Waals surface area contributed by atoms with Crippen LogP contribution in [0.25, 0.3) is 0 Å². The molecular weight excluding hydrogens is 650 g/mol. The molecule has 0 radical (unpaired) electrons. The van der Waals surface area contributed by atoms with Crippen LogP contribution in [0, 0.1) is 0 Å². The minimum Gasteiger partial charge on any atom is -0.221 e. The van der Waals surface area contributed by atoms with Crippen molar-refractivity contribution in [1.82, 2.24) is 0 Å². The number of allylic oxidation sites excluding steroid dienone is 2. The molecule has 1 aliphatic rings. The van der Waals surface area contributed by atoms with E-state index >= 15 is 0 Å². The lowest BCUT2D eigenvalue weighted by Crippen LogP contribution is -2.71. The summed E-state index contributed by atoms with van der Waals surface area (Å²) in [5.41, 5.74) is -0.470. The molecule has 1 rings (SSSR count). The Labute approximate surface area is 204 Å². The zero-order valence-corrected chi connectivity index (χ0v) is 19.6. The van der Waals surface area contributed by atoms with Crippen molar-refractivity contribution in [3.8, 4) is 0 Å². The maximum Gasteiger partial charge on any atom is 0.460 e. The molecule has 0 bridgehead atoms. The fraction of sp³-hybridized carbons (Fsp3) is 0.867. The molecule has 0 aromatic heterocycles. The van der Waals surface area contributed by atoms with Crippen LogP contribution >= 0.6 is 0 Å². The van der Waals surface area contributed by atoms with E-state index in [1.54, 1.807) is 0 Å². The molecule has 0 spiro atoms. The monoisotopic (exact) mass is 660 g/mol. The van der Waals surface area contributed by atoms with E-state index in [2.05, 4.69) is 0 Å². The molecule has 0 heterocycles. The van der Waals surface area contributed by atoms with Crippen LogP contribution in [0.15, 0.2) is 11.6 Å². The quantitative estimate of drug-likeness (QED) is 0.221. The molecule has 1 aliphatic carbocycles. The minimum atomic E-state index is -8.67. The normalized spacial score (nSPS) is 19.6. The number of rotatable bonds is 8. The summed E-state index contributed by atoms with van der Waals surface area (Å²) in [5.74, 6) is -32.8. The second-order valence-electron chi connectivity index (χ2n) is 8.00. The van der Waals surface area contributed by atoms with Gasteiger partial charge in [-0.05, 0) is 26.2 Å². The largest absolute Gasteiger partial charge is 0.460 e. The van der Waals surface area contributed by atoms with Gasteiger partial charge in [0.15, 0.2) is 4.08 Å². The summed E-state index contributed by atoms with van der Waals surface area (Å²) in [6, 6.07) is 0. The molecule has 0 atom stereocenters. The highest BCUT2D eigenvalue weighted by Gasteiger charge is 2.91. The van der Waals surface area contributed by atoms with Gasteiger partial charge >= 0.3 is 46.6 Å². The fourth-order valence-corrected chi connectivity index (χ4v) is 8.08. The van der Waals surface area contributed by atoms with Crippen LogP contribution in [0.5, 0.6) is 0 Å². The fourth-order valence-electron chi connectivity index (χ4n) is 3.08. The highest BCUT2D eigenvalue weighted by molar-refractivity contribution is 8.11. The Morgan fingerprint density at radius 3 is 1.05 bits per heavy atom. The third-order valence-electron chi connectivity index (χ3n) is 5.55. The zero-order chi connectivity index (χ0) is 31.9. The van der Waals surface area contributed by atoms with Crippen molar-refractivity contribution < 1.29 is 95.9 Å². The predicted molar refractivity (Wildman–Crippen MR) is 90.0 cm³/mol. The maximum absolute atomic E-state index is 14.4. The molecule has 39 heavy (non-hydrogen) atoms. The van der Waals surface area contributed by atoms with E-state index in [9.17, 15) is 95.9 Å². The third kappa shape index (κ3) is 4.27. The van der Waals surface area contributed by atoms with Crippen LogP contribution in [-0.4, -0.2) is 67.5 Å². The van der Waals surface area contributed by atoms with Crippen LogP contribution in [0.2, 0.25) is 0 Å². The Kier molecular flexibility index (Phi) is 8.11. The Bertz CT molecular complexity index is 1130. The highest BCUT2D eigenvalue weighted by Crippen LogP contribution is 2.62. The van der Waals surface area contributed by atoms with Crippen molar-refractivity contribution in [2.45, 2.75) is 76.8 Å². The van der Waals surface area contributed by atoms with Crippen molar-refractivity contribution in [3.05, 3.63) is 11.6 Å². The summed E-state index contributed by atoms with van der Waals surface area (Å²) < 4.78 is 284. The van der Waals surface area contributed by atoms with E-state index in [1.165, 1.54) is 0 Å². The van der Waals surface area contributed by atoms with E-state index < -0.39 is 95.1 Å². The second-order valence-corrected chi connectivity index (χ2v) is 12.9. The summed E-state index contributed by atoms with van der Waals surface area (Å²) in [6.07, 6.45) is -22.4. The van der Waals surface area contributed by atoms with Gasteiger partial charge < -0.3 is 0 Å². The van der Waals surface area contributed by atoms with Gasteiger partial charge in [0, 0.05) is 0 Å². The molecule has 0 aromatic carbocycles. The van der Waals surface area contributed by atoms with Gasteiger partial charge in [0.1, 0.15) is 0 Å². The number of alkyl halides is 18. The number of hydrogen-bond acceptors (Lipinski definition) is 4. The first-order chi connectivity index (χ1) is 16.6. The van der Waals surface area contributed by atoms with Gasteiger partial charge in [0.05, 0.1) is 0 Å². The molecule has 0 aliphatic heterocycles. The molecule has 0 aromatic rings. The van der Waals surface area contributed by atoms with Gasteiger partial charge in [-0.3, -0.25) is 0 Å². The van der Waals surface area contributed by atoms with Gasteiger partial charge in [-0.2, -0.15) is 79.0 Å². The van der Waals surface area contributed by atoms with E-state index in [0.717, 1.165) is 6.92 Å². The van der Waals surface area contributed by atoms with E-state index in [0.29, 0.717) is 0 Å². The zero-order valence-electron chi connectivity index (χ0n) is 18.0. The summed E-state index contributed by atoms with van der Waals surface area (Å²) in [4.78, 5) is 0. The Morgan fingerprint density at radius 2 is 0.846 bits per heavy atom. The van der Waals surface area contributed by atoms with Crippen molar-refractivity contribution in [3.63, 3.8) is 0 Å². The molecule has 0 saturated heterocycles. The average Bonchev–Trinajstić information content (AvgIpc) is 2.71. The molecule has 24 heteroatoms.